The minimum absolute atomic E-state index is 0.218. The molecule has 0 aliphatic rings. The van der Waals surface area contributed by atoms with Crippen LogP contribution in [0, 0.1) is 0 Å². The molecule has 0 unspecified atom stereocenters. The Morgan fingerprint density at radius 2 is 1.23 bits per heavy atom. The Morgan fingerprint density at radius 1 is 0.771 bits per heavy atom. The molecule has 3 N–H and O–H groups in total. The second kappa shape index (κ2) is 11.0. The monoisotopic (exact) mass is 510 g/mol. The highest BCUT2D eigenvalue weighted by atomic mass is 35.5. The first-order chi connectivity index (χ1) is 17.0. The fourth-order valence-electron chi connectivity index (χ4n) is 3.68. The zero-order valence-electron chi connectivity index (χ0n) is 19.5. The van der Waals surface area contributed by atoms with Crippen LogP contribution < -0.4 is 20.5 Å². The first-order valence-corrected chi connectivity index (χ1v) is 11.5. The summed E-state index contributed by atoms with van der Waals surface area (Å²) in [5, 5.41) is 4.03. The Bertz CT molecular complexity index is 1370. The molecule has 0 aliphatic heterocycles. The van der Waals surface area contributed by atoms with Gasteiger partial charge in [0.1, 0.15) is 11.4 Å². The van der Waals surface area contributed by atoms with Crippen molar-refractivity contribution in [3.8, 4) is 45.4 Å². The van der Waals surface area contributed by atoms with Crippen molar-refractivity contribution in [3.63, 3.8) is 0 Å². The highest BCUT2D eigenvalue weighted by molar-refractivity contribution is 6.39. The summed E-state index contributed by atoms with van der Waals surface area (Å²) in [5.41, 5.74) is 11.0. The number of hydrogen-bond donors (Lipinski definition) is 2. The third-order valence-electron chi connectivity index (χ3n) is 5.39. The number of benzene rings is 2. The standard InChI is InChI=1S/C25H24Cl2N6O2/c1-29-11-21-25(35-3)33-20(13-31-21)17-9-5-7-15(23(17)27)14-6-4-8-16(22(14)26)19-12-30-18(10-28)24(32-19)34-2/h4-9,12-13,29H,10-11,28H2,1-3H3. The smallest absolute Gasteiger partial charge is 0.237 e. The molecule has 0 aliphatic carbocycles. The molecule has 35 heavy (non-hydrogen) atoms. The third-order valence-corrected chi connectivity index (χ3v) is 6.20. The molecule has 0 bridgehead atoms. The molecule has 0 fully saturated rings. The van der Waals surface area contributed by atoms with Gasteiger partial charge in [-0.2, -0.15) is 0 Å². The van der Waals surface area contributed by atoms with Gasteiger partial charge in [-0.3, -0.25) is 9.97 Å². The molecule has 180 valence electrons. The van der Waals surface area contributed by atoms with E-state index < -0.39 is 0 Å². The Labute approximate surface area is 213 Å². The molecule has 4 rings (SSSR count). The molecule has 0 radical (unpaired) electrons. The lowest BCUT2D eigenvalue weighted by Crippen LogP contribution is -2.10. The van der Waals surface area contributed by atoms with Gasteiger partial charge in [-0.25, -0.2) is 9.97 Å². The molecule has 0 atom stereocenters. The summed E-state index contributed by atoms with van der Waals surface area (Å²) in [6.07, 6.45) is 3.31. The highest BCUT2D eigenvalue weighted by Gasteiger charge is 2.18. The third kappa shape index (κ3) is 4.92. The van der Waals surface area contributed by atoms with E-state index in [4.69, 9.17) is 38.4 Å². The number of nitrogens with zero attached hydrogens (tertiary/aromatic N) is 4. The molecule has 10 heteroatoms. The quantitative estimate of drug-likeness (QED) is 0.348. The van der Waals surface area contributed by atoms with Crippen LogP contribution in [0.3, 0.4) is 0 Å². The Balaban J connectivity index is 1.80. The van der Waals surface area contributed by atoms with E-state index in [0.29, 0.717) is 62.3 Å². The summed E-state index contributed by atoms with van der Waals surface area (Å²) in [6.45, 7) is 0.753. The van der Waals surface area contributed by atoms with Crippen molar-refractivity contribution in [2.24, 2.45) is 5.73 Å². The van der Waals surface area contributed by atoms with Gasteiger partial charge in [0.05, 0.1) is 48.0 Å². The number of hydrogen-bond acceptors (Lipinski definition) is 8. The fraction of sp³-hybridized carbons (Fsp3) is 0.200. The molecule has 8 nitrogen and oxygen atoms in total. The number of nitrogens with one attached hydrogen (secondary N) is 1. The maximum Gasteiger partial charge on any atom is 0.237 e. The molecular weight excluding hydrogens is 487 g/mol. The van der Waals surface area contributed by atoms with Gasteiger partial charge in [-0.1, -0.05) is 59.6 Å². The van der Waals surface area contributed by atoms with Crippen molar-refractivity contribution >= 4 is 23.2 Å². The van der Waals surface area contributed by atoms with Crippen molar-refractivity contribution in [3.05, 3.63) is 70.2 Å². The van der Waals surface area contributed by atoms with Crippen LogP contribution in [0.5, 0.6) is 11.8 Å². The van der Waals surface area contributed by atoms with Gasteiger partial charge in [0, 0.05) is 35.3 Å². The summed E-state index contributed by atoms with van der Waals surface area (Å²) < 4.78 is 10.8. The first kappa shape index (κ1) is 24.8. The number of aromatic nitrogens is 4. The SMILES string of the molecule is CNCc1ncc(-c2cccc(-c3cccc(-c4cnc(CN)c(OC)n4)c3Cl)c2Cl)nc1OC. The molecule has 2 aromatic carbocycles. The Morgan fingerprint density at radius 3 is 1.69 bits per heavy atom. The summed E-state index contributed by atoms with van der Waals surface area (Å²) in [6, 6.07) is 11.3. The van der Waals surface area contributed by atoms with E-state index in [1.54, 1.807) is 19.5 Å². The molecule has 0 spiro atoms. The van der Waals surface area contributed by atoms with Gasteiger partial charge in [0.15, 0.2) is 0 Å². The van der Waals surface area contributed by atoms with E-state index in [1.165, 1.54) is 7.11 Å². The van der Waals surface area contributed by atoms with Crippen molar-refractivity contribution in [2.45, 2.75) is 13.1 Å². The predicted octanol–water partition coefficient (Wildman–Crippen LogP) is 4.77. The number of methoxy groups -OCH3 is 2. The lowest BCUT2D eigenvalue weighted by atomic mass is 9.98. The second-order valence-electron chi connectivity index (χ2n) is 7.49. The van der Waals surface area contributed by atoms with E-state index in [0.717, 1.165) is 11.1 Å². The van der Waals surface area contributed by atoms with Gasteiger partial charge < -0.3 is 20.5 Å². The fourth-order valence-corrected chi connectivity index (χ4v) is 4.33. The van der Waals surface area contributed by atoms with Crippen LogP contribution in [0.2, 0.25) is 10.0 Å². The topological polar surface area (TPSA) is 108 Å². The van der Waals surface area contributed by atoms with Crippen molar-refractivity contribution in [1.29, 1.82) is 0 Å². The van der Waals surface area contributed by atoms with E-state index in [9.17, 15) is 0 Å². The van der Waals surface area contributed by atoms with Crippen molar-refractivity contribution < 1.29 is 9.47 Å². The first-order valence-electron chi connectivity index (χ1n) is 10.7. The molecule has 0 saturated heterocycles. The Kier molecular flexibility index (Phi) is 7.77. The Hall–Kier alpha value is -3.30. The van der Waals surface area contributed by atoms with Crippen LogP contribution in [-0.2, 0) is 13.1 Å². The summed E-state index contributed by atoms with van der Waals surface area (Å²) in [7, 11) is 4.93. The summed E-state index contributed by atoms with van der Waals surface area (Å²) in [4.78, 5) is 18.0. The van der Waals surface area contributed by atoms with Crippen LogP contribution in [0.4, 0.5) is 0 Å². The van der Waals surface area contributed by atoms with Crippen LogP contribution in [0.25, 0.3) is 33.6 Å². The highest BCUT2D eigenvalue weighted by Crippen LogP contribution is 2.42. The van der Waals surface area contributed by atoms with Crippen LogP contribution in [-0.4, -0.2) is 41.2 Å². The number of rotatable bonds is 8. The minimum atomic E-state index is 0.218. The zero-order valence-corrected chi connectivity index (χ0v) is 21.0. The summed E-state index contributed by atoms with van der Waals surface area (Å²) in [5.74, 6) is 0.799. The van der Waals surface area contributed by atoms with Crippen LogP contribution in [0.1, 0.15) is 11.4 Å². The van der Waals surface area contributed by atoms with Gasteiger partial charge in [-0.15, -0.1) is 0 Å². The molecule has 2 aromatic heterocycles. The van der Waals surface area contributed by atoms with E-state index >= 15 is 0 Å². The van der Waals surface area contributed by atoms with Gasteiger partial charge in [0.2, 0.25) is 11.8 Å². The molecular formula is C25H24Cl2N6O2. The maximum absolute atomic E-state index is 6.89. The molecule has 4 aromatic rings. The van der Waals surface area contributed by atoms with Gasteiger partial charge in [-0.05, 0) is 7.05 Å². The average molecular weight is 511 g/mol. The van der Waals surface area contributed by atoms with E-state index in [1.807, 2.05) is 43.4 Å². The number of nitrogens with two attached hydrogens (primary N) is 1. The normalized spacial score (nSPS) is 10.9. The summed E-state index contributed by atoms with van der Waals surface area (Å²) >= 11 is 13.8. The lowest BCUT2D eigenvalue weighted by Gasteiger charge is -2.14. The number of halogens is 2. The number of ether oxygens (including phenoxy) is 2. The molecule has 2 heterocycles. The maximum atomic E-state index is 6.89. The lowest BCUT2D eigenvalue weighted by molar-refractivity contribution is 0.388. The largest absolute Gasteiger partial charge is 0.480 e. The van der Waals surface area contributed by atoms with Gasteiger partial charge in [0.25, 0.3) is 0 Å². The van der Waals surface area contributed by atoms with Crippen molar-refractivity contribution in [1.82, 2.24) is 25.3 Å². The van der Waals surface area contributed by atoms with Crippen LogP contribution >= 0.6 is 23.2 Å². The molecule has 0 saturated carbocycles. The van der Waals surface area contributed by atoms with Crippen LogP contribution in [0.15, 0.2) is 48.8 Å². The molecule has 0 amide bonds. The zero-order chi connectivity index (χ0) is 24.9. The predicted molar refractivity (Wildman–Crippen MR) is 138 cm³/mol. The van der Waals surface area contributed by atoms with Crippen molar-refractivity contribution in [2.75, 3.05) is 21.3 Å². The van der Waals surface area contributed by atoms with E-state index in [-0.39, 0.29) is 6.54 Å². The second-order valence-corrected chi connectivity index (χ2v) is 8.25. The van der Waals surface area contributed by atoms with E-state index in [2.05, 4.69) is 25.3 Å². The van der Waals surface area contributed by atoms with Gasteiger partial charge >= 0.3 is 0 Å². The average Bonchev–Trinajstić information content (AvgIpc) is 2.89. The minimum Gasteiger partial charge on any atom is -0.480 e.